The fourth-order valence-corrected chi connectivity index (χ4v) is 2.82. The minimum absolute atomic E-state index is 0.557. The number of rotatable bonds is 2. The van der Waals surface area contributed by atoms with Crippen LogP contribution in [0.5, 0.6) is 0 Å². The minimum atomic E-state index is 0.557. The highest BCUT2D eigenvalue weighted by Gasteiger charge is 2.34. The predicted octanol–water partition coefficient (Wildman–Crippen LogP) is 5.03. The molecule has 84 valence electrons. The molecule has 0 heterocycles. The summed E-state index contributed by atoms with van der Waals surface area (Å²) in [5.41, 5.74) is 1.15. The lowest BCUT2D eigenvalue weighted by atomic mass is 9.68. The molecule has 0 radical (unpaired) electrons. The first-order valence-electron chi connectivity index (χ1n) is 6.37. The molecule has 0 amide bonds. The molecule has 1 fully saturated rings. The Bertz CT molecular complexity index is 176. The van der Waals surface area contributed by atoms with Crippen molar-refractivity contribution >= 4 is 0 Å². The quantitative estimate of drug-likeness (QED) is 0.543. The average molecular weight is 196 g/mol. The van der Waals surface area contributed by atoms with Gasteiger partial charge >= 0.3 is 0 Å². The molecule has 1 rings (SSSR count). The summed E-state index contributed by atoms with van der Waals surface area (Å²) in [5.74, 6) is 0.949. The van der Waals surface area contributed by atoms with Gasteiger partial charge in [0.05, 0.1) is 0 Å². The van der Waals surface area contributed by atoms with Gasteiger partial charge in [0.1, 0.15) is 0 Å². The summed E-state index contributed by atoms with van der Waals surface area (Å²) in [4.78, 5) is 0. The number of hydrogen-bond donors (Lipinski definition) is 0. The Kier molecular flexibility index (Phi) is 3.66. The van der Waals surface area contributed by atoms with Crippen LogP contribution in [0, 0.1) is 16.7 Å². The van der Waals surface area contributed by atoms with Crippen LogP contribution < -0.4 is 0 Å². The van der Waals surface area contributed by atoms with E-state index in [0.717, 1.165) is 5.92 Å². The first-order valence-corrected chi connectivity index (χ1v) is 6.37. The van der Waals surface area contributed by atoms with Gasteiger partial charge in [0.25, 0.3) is 0 Å². The fraction of sp³-hybridized carbons (Fsp3) is 1.00. The van der Waals surface area contributed by atoms with E-state index >= 15 is 0 Å². The van der Waals surface area contributed by atoms with Gasteiger partial charge in [0, 0.05) is 0 Å². The Hall–Kier alpha value is 0. The molecule has 0 aliphatic heterocycles. The molecule has 0 aromatic carbocycles. The van der Waals surface area contributed by atoms with Gasteiger partial charge in [-0.15, -0.1) is 0 Å². The maximum Gasteiger partial charge on any atom is -0.0328 e. The molecular formula is C14H28. The van der Waals surface area contributed by atoms with Crippen molar-refractivity contribution in [2.24, 2.45) is 16.7 Å². The van der Waals surface area contributed by atoms with Crippen molar-refractivity contribution in [3.05, 3.63) is 0 Å². The smallest absolute Gasteiger partial charge is 0.0328 e. The van der Waals surface area contributed by atoms with E-state index in [2.05, 4.69) is 34.6 Å². The highest BCUT2D eigenvalue weighted by atomic mass is 14.4. The average Bonchev–Trinajstić information content (AvgIpc) is 2.26. The molecule has 0 aromatic heterocycles. The van der Waals surface area contributed by atoms with Crippen molar-refractivity contribution in [3.8, 4) is 0 Å². The third kappa shape index (κ3) is 3.00. The van der Waals surface area contributed by atoms with Crippen molar-refractivity contribution in [2.45, 2.75) is 73.1 Å². The van der Waals surface area contributed by atoms with Gasteiger partial charge in [-0.25, -0.2) is 0 Å². The number of hydrogen-bond acceptors (Lipinski definition) is 0. The zero-order chi connectivity index (χ0) is 10.8. The molecule has 1 aliphatic rings. The second-order valence-corrected chi connectivity index (χ2v) is 6.65. The second-order valence-electron chi connectivity index (χ2n) is 6.65. The van der Waals surface area contributed by atoms with E-state index < -0.39 is 0 Å². The summed E-state index contributed by atoms with van der Waals surface area (Å²) in [5, 5.41) is 0. The lowest BCUT2D eigenvalue weighted by molar-refractivity contribution is 0.136. The minimum Gasteiger partial charge on any atom is -0.0649 e. The SMILES string of the molecule is CCC(C)(C)C1CCCCC(C)(C)C1. The van der Waals surface area contributed by atoms with Crippen LogP contribution in [0.3, 0.4) is 0 Å². The van der Waals surface area contributed by atoms with Crippen molar-refractivity contribution in [1.82, 2.24) is 0 Å². The molecule has 1 unspecified atom stereocenters. The van der Waals surface area contributed by atoms with Crippen LogP contribution in [0.2, 0.25) is 0 Å². The topological polar surface area (TPSA) is 0 Å². The van der Waals surface area contributed by atoms with E-state index in [1.54, 1.807) is 0 Å². The van der Waals surface area contributed by atoms with E-state index in [4.69, 9.17) is 0 Å². The van der Waals surface area contributed by atoms with Gasteiger partial charge in [0.2, 0.25) is 0 Å². The highest BCUT2D eigenvalue weighted by Crippen LogP contribution is 2.45. The standard InChI is InChI=1S/C14H28/c1-6-14(4,5)12-9-7-8-10-13(2,3)11-12/h12H,6-11H2,1-5H3. The summed E-state index contributed by atoms with van der Waals surface area (Å²) in [6.45, 7) is 12.2. The Morgan fingerprint density at radius 1 is 1.21 bits per heavy atom. The van der Waals surface area contributed by atoms with Gasteiger partial charge in [-0.05, 0) is 36.0 Å². The molecule has 0 spiro atoms. The van der Waals surface area contributed by atoms with Gasteiger partial charge < -0.3 is 0 Å². The first kappa shape index (κ1) is 12.1. The van der Waals surface area contributed by atoms with Crippen LogP contribution in [0.15, 0.2) is 0 Å². The van der Waals surface area contributed by atoms with E-state index in [0.29, 0.717) is 10.8 Å². The Morgan fingerprint density at radius 2 is 1.86 bits per heavy atom. The van der Waals surface area contributed by atoms with Crippen LogP contribution in [0.4, 0.5) is 0 Å². The molecule has 1 saturated carbocycles. The van der Waals surface area contributed by atoms with Gasteiger partial charge in [0.15, 0.2) is 0 Å². The van der Waals surface area contributed by atoms with Crippen LogP contribution >= 0.6 is 0 Å². The van der Waals surface area contributed by atoms with Crippen molar-refractivity contribution < 1.29 is 0 Å². The van der Waals surface area contributed by atoms with Crippen LogP contribution in [-0.4, -0.2) is 0 Å². The molecule has 0 nitrogen and oxygen atoms in total. The zero-order valence-corrected chi connectivity index (χ0v) is 10.8. The maximum atomic E-state index is 2.46. The fourth-order valence-electron chi connectivity index (χ4n) is 2.82. The summed E-state index contributed by atoms with van der Waals surface area (Å²) in [6, 6.07) is 0. The maximum absolute atomic E-state index is 2.46. The molecule has 14 heavy (non-hydrogen) atoms. The lowest BCUT2D eigenvalue weighted by Gasteiger charge is -2.37. The molecular weight excluding hydrogens is 168 g/mol. The Labute approximate surface area is 90.5 Å². The molecule has 0 bridgehead atoms. The van der Waals surface area contributed by atoms with Crippen LogP contribution in [0.25, 0.3) is 0 Å². The van der Waals surface area contributed by atoms with E-state index in [1.807, 2.05) is 0 Å². The third-order valence-electron chi connectivity index (χ3n) is 4.47. The molecule has 1 aliphatic carbocycles. The van der Waals surface area contributed by atoms with Crippen molar-refractivity contribution in [2.75, 3.05) is 0 Å². The molecule has 0 saturated heterocycles. The summed E-state index contributed by atoms with van der Waals surface area (Å²) < 4.78 is 0. The van der Waals surface area contributed by atoms with Crippen LogP contribution in [-0.2, 0) is 0 Å². The first-order chi connectivity index (χ1) is 6.37. The molecule has 1 atom stereocenters. The van der Waals surface area contributed by atoms with E-state index in [-0.39, 0.29) is 0 Å². The highest BCUT2D eigenvalue weighted by molar-refractivity contribution is 4.85. The summed E-state index contributed by atoms with van der Waals surface area (Å²) >= 11 is 0. The Morgan fingerprint density at radius 3 is 2.43 bits per heavy atom. The Balaban J connectivity index is 2.69. The molecule has 0 heteroatoms. The third-order valence-corrected chi connectivity index (χ3v) is 4.47. The van der Waals surface area contributed by atoms with Crippen molar-refractivity contribution in [1.29, 1.82) is 0 Å². The molecule has 0 aromatic rings. The summed E-state index contributed by atoms with van der Waals surface area (Å²) in [7, 11) is 0. The van der Waals surface area contributed by atoms with E-state index in [9.17, 15) is 0 Å². The second kappa shape index (κ2) is 4.24. The monoisotopic (exact) mass is 196 g/mol. The molecule has 0 N–H and O–H groups in total. The van der Waals surface area contributed by atoms with Crippen molar-refractivity contribution in [3.63, 3.8) is 0 Å². The largest absolute Gasteiger partial charge is 0.0649 e. The van der Waals surface area contributed by atoms with Gasteiger partial charge in [-0.1, -0.05) is 53.9 Å². The van der Waals surface area contributed by atoms with Crippen LogP contribution in [0.1, 0.15) is 73.1 Å². The van der Waals surface area contributed by atoms with Gasteiger partial charge in [-0.2, -0.15) is 0 Å². The zero-order valence-electron chi connectivity index (χ0n) is 10.8. The summed E-state index contributed by atoms with van der Waals surface area (Å²) in [6.07, 6.45) is 8.57. The lowest BCUT2D eigenvalue weighted by Crippen LogP contribution is -2.27. The van der Waals surface area contributed by atoms with Gasteiger partial charge in [-0.3, -0.25) is 0 Å². The predicted molar refractivity (Wildman–Crippen MR) is 64.4 cm³/mol. The van der Waals surface area contributed by atoms with E-state index in [1.165, 1.54) is 38.5 Å². The normalized spacial score (nSPS) is 28.5.